The summed E-state index contributed by atoms with van der Waals surface area (Å²) in [5, 5.41) is 3.38. The lowest BCUT2D eigenvalue weighted by atomic mass is 10.2. The number of nitrogens with one attached hydrogen (secondary N) is 1. The van der Waals surface area contributed by atoms with Crippen LogP contribution in [0.3, 0.4) is 0 Å². The van der Waals surface area contributed by atoms with Gasteiger partial charge in [-0.15, -0.1) is 18.3 Å². The summed E-state index contributed by atoms with van der Waals surface area (Å²) in [6.07, 6.45) is 1.98. The second kappa shape index (κ2) is 6.70. The molecule has 0 aliphatic rings. The summed E-state index contributed by atoms with van der Waals surface area (Å²) < 4.78 is 0. The average molecular weight is 221 g/mol. The number of benzene rings is 1. The Balaban J connectivity index is 2.48. The second-order valence-corrected chi connectivity index (χ2v) is 4.54. The molecule has 0 saturated heterocycles. The van der Waals surface area contributed by atoms with Crippen molar-refractivity contribution in [1.29, 1.82) is 0 Å². The van der Waals surface area contributed by atoms with Crippen LogP contribution >= 0.6 is 11.8 Å². The van der Waals surface area contributed by atoms with Crippen molar-refractivity contribution in [3.8, 4) is 0 Å². The zero-order chi connectivity index (χ0) is 11.1. The minimum atomic E-state index is 0.402. The molecular formula is C13H19NS. The Morgan fingerprint density at radius 1 is 1.47 bits per heavy atom. The Bertz CT molecular complexity index is 309. The van der Waals surface area contributed by atoms with E-state index in [0.29, 0.717) is 6.04 Å². The minimum absolute atomic E-state index is 0.402. The van der Waals surface area contributed by atoms with Crippen LogP contribution in [0.4, 0.5) is 0 Å². The molecule has 1 unspecified atom stereocenters. The Morgan fingerprint density at radius 3 is 2.80 bits per heavy atom. The number of hydrogen-bond donors (Lipinski definition) is 1. The van der Waals surface area contributed by atoms with Gasteiger partial charge in [-0.25, -0.2) is 0 Å². The van der Waals surface area contributed by atoms with Crippen molar-refractivity contribution < 1.29 is 0 Å². The molecule has 1 aromatic carbocycles. The zero-order valence-corrected chi connectivity index (χ0v) is 10.3. The van der Waals surface area contributed by atoms with E-state index in [1.165, 1.54) is 10.5 Å². The SMILES string of the molecule is C=CC(CSc1ccccc1C)NCC. The van der Waals surface area contributed by atoms with E-state index >= 15 is 0 Å². The summed E-state index contributed by atoms with van der Waals surface area (Å²) >= 11 is 1.89. The zero-order valence-electron chi connectivity index (χ0n) is 9.49. The largest absolute Gasteiger partial charge is 0.310 e. The molecule has 15 heavy (non-hydrogen) atoms. The third-order valence-electron chi connectivity index (χ3n) is 2.26. The Kier molecular flexibility index (Phi) is 5.51. The maximum absolute atomic E-state index is 3.84. The van der Waals surface area contributed by atoms with Crippen molar-refractivity contribution in [1.82, 2.24) is 5.32 Å². The molecule has 1 N–H and O–H groups in total. The first-order valence-electron chi connectivity index (χ1n) is 5.32. The fraction of sp³-hybridized carbons (Fsp3) is 0.385. The summed E-state index contributed by atoms with van der Waals surface area (Å²) in [5.41, 5.74) is 1.35. The average Bonchev–Trinajstić information content (AvgIpc) is 2.26. The monoisotopic (exact) mass is 221 g/mol. The highest BCUT2D eigenvalue weighted by atomic mass is 32.2. The molecule has 0 saturated carbocycles. The van der Waals surface area contributed by atoms with Crippen molar-refractivity contribution in [2.24, 2.45) is 0 Å². The first-order chi connectivity index (χ1) is 7.27. The van der Waals surface area contributed by atoms with Crippen LogP contribution in [0.25, 0.3) is 0 Å². The Labute approximate surface area is 97.0 Å². The van der Waals surface area contributed by atoms with Crippen molar-refractivity contribution in [3.63, 3.8) is 0 Å². The van der Waals surface area contributed by atoms with Gasteiger partial charge in [-0.3, -0.25) is 0 Å². The van der Waals surface area contributed by atoms with Gasteiger partial charge in [-0.1, -0.05) is 31.2 Å². The molecule has 1 nitrogen and oxygen atoms in total. The number of hydrogen-bond acceptors (Lipinski definition) is 2. The smallest absolute Gasteiger partial charge is 0.0341 e. The summed E-state index contributed by atoms with van der Waals surface area (Å²) in [5.74, 6) is 1.04. The summed E-state index contributed by atoms with van der Waals surface area (Å²) in [6, 6.07) is 8.89. The lowest BCUT2D eigenvalue weighted by molar-refractivity contribution is 0.669. The van der Waals surface area contributed by atoms with E-state index < -0.39 is 0 Å². The summed E-state index contributed by atoms with van der Waals surface area (Å²) in [7, 11) is 0. The van der Waals surface area contributed by atoms with Crippen LogP contribution in [0.1, 0.15) is 12.5 Å². The topological polar surface area (TPSA) is 12.0 Å². The lowest BCUT2D eigenvalue weighted by Gasteiger charge is -2.13. The first kappa shape index (κ1) is 12.3. The molecule has 0 aliphatic heterocycles. The number of likely N-dealkylation sites (N-methyl/N-ethyl adjacent to an activating group) is 1. The number of aryl methyl sites for hydroxylation is 1. The predicted molar refractivity (Wildman–Crippen MR) is 69.6 cm³/mol. The van der Waals surface area contributed by atoms with Crippen LogP contribution in [-0.4, -0.2) is 18.3 Å². The molecule has 0 fully saturated rings. The Hall–Kier alpha value is -0.730. The van der Waals surface area contributed by atoms with Gasteiger partial charge in [-0.05, 0) is 25.1 Å². The molecular weight excluding hydrogens is 202 g/mol. The molecule has 0 spiro atoms. The van der Waals surface area contributed by atoms with Crippen LogP contribution < -0.4 is 5.32 Å². The fourth-order valence-corrected chi connectivity index (χ4v) is 2.45. The van der Waals surface area contributed by atoms with Crippen molar-refractivity contribution in [2.45, 2.75) is 24.8 Å². The van der Waals surface area contributed by atoms with Gasteiger partial charge in [0, 0.05) is 16.7 Å². The minimum Gasteiger partial charge on any atom is -0.310 e. The van der Waals surface area contributed by atoms with Gasteiger partial charge < -0.3 is 5.32 Å². The van der Waals surface area contributed by atoms with E-state index in [0.717, 1.165) is 12.3 Å². The summed E-state index contributed by atoms with van der Waals surface area (Å²) in [6.45, 7) is 9.10. The molecule has 0 aromatic heterocycles. The molecule has 1 rings (SSSR count). The van der Waals surface area contributed by atoms with Gasteiger partial charge in [0.1, 0.15) is 0 Å². The highest BCUT2D eigenvalue weighted by Crippen LogP contribution is 2.22. The fourth-order valence-electron chi connectivity index (χ4n) is 1.37. The summed E-state index contributed by atoms with van der Waals surface area (Å²) in [4.78, 5) is 1.36. The molecule has 1 atom stereocenters. The van der Waals surface area contributed by atoms with Gasteiger partial charge in [0.05, 0.1) is 0 Å². The van der Waals surface area contributed by atoms with E-state index in [1.807, 2.05) is 17.8 Å². The van der Waals surface area contributed by atoms with E-state index in [4.69, 9.17) is 0 Å². The highest BCUT2D eigenvalue weighted by molar-refractivity contribution is 7.99. The molecule has 0 radical (unpaired) electrons. The van der Waals surface area contributed by atoms with Crippen molar-refractivity contribution in [3.05, 3.63) is 42.5 Å². The maximum atomic E-state index is 3.84. The van der Waals surface area contributed by atoms with Crippen molar-refractivity contribution >= 4 is 11.8 Å². The van der Waals surface area contributed by atoms with Gasteiger partial charge in [0.15, 0.2) is 0 Å². The first-order valence-corrected chi connectivity index (χ1v) is 6.30. The van der Waals surface area contributed by atoms with Crippen molar-refractivity contribution in [2.75, 3.05) is 12.3 Å². The van der Waals surface area contributed by atoms with Crippen LogP contribution in [0.15, 0.2) is 41.8 Å². The molecule has 82 valence electrons. The van der Waals surface area contributed by atoms with E-state index in [-0.39, 0.29) is 0 Å². The van der Waals surface area contributed by atoms with E-state index in [1.54, 1.807) is 0 Å². The van der Waals surface area contributed by atoms with Crippen LogP contribution in [-0.2, 0) is 0 Å². The highest BCUT2D eigenvalue weighted by Gasteiger charge is 2.04. The second-order valence-electron chi connectivity index (χ2n) is 3.48. The number of rotatable bonds is 6. The van der Waals surface area contributed by atoms with Gasteiger partial charge in [-0.2, -0.15) is 0 Å². The van der Waals surface area contributed by atoms with Gasteiger partial charge in [0.2, 0.25) is 0 Å². The molecule has 1 aromatic rings. The number of thioether (sulfide) groups is 1. The molecule has 2 heteroatoms. The molecule has 0 aliphatic carbocycles. The molecule has 0 heterocycles. The maximum Gasteiger partial charge on any atom is 0.0341 e. The van der Waals surface area contributed by atoms with E-state index in [2.05, 4.69) is 50.0 Å². The van der Waals surface area contributed by atoms with E-state index in [9.17, 15) is 0 Å². The lowest BCUT2D eigenvalue weighted by Crippen LogP contribution is -2.28. The standard InChI is InChI=1S/C13H19NS/c1-4-12(14-5-2)10-15-13-9-7-6-8-11(13)3/h4,6-9,12,14H,1,5,10H2,2-3H3. The van der Waals surface area contributed by atoms with Gasteiger partial charge in [0.25, 0.3) is 0 Å². The predicted octanol–water partition coefficient (Wildman–Crippen LogP) is 3.25. The molecule has 0 bridgehead atoms. The van der Waals surface area contributed by atoms with Gasteiger partial charge >= 0.3 is 0 Å². The van der Waals surface area contributed by atoms with Crippen LogP contribution in [0.5, 0.6) is 0 Å². The normalized spacial score (nSPS) is 12.4. The Morgan fingerprint density at radius 2 is 2.20 bits per heavy atom. The quantitative estimate of drug-likeness (QED) is 0.584. The van der Waals surface area contributed by atoms with Crippen LogP contribution in [0, 0.1) is 6.92 Å². The third kappa shape index (κ3) is 4.10. The third-order valence-corrected chi connectivity index (χ3v) is 3.56. The molecule has 0 amide bonds. The van der Waals surface area contributed by atoms with Crippen LogP contribution in [0.2, 0.25) is 0 Å².